The maximum Gasteiger partial charge on any atom is 0.233 e. The minimum atomic E-state index is -0.171. The van der Waals surface area contributed by atoms with Crippen LogP contribution < -0.4 is 5.32 Å². The molecule has 6 heteroatoms. The van der Waals surface area contributed by atoms with Crippen molar-refractivity contribution in [3.63, 3.8) is 0 Å². The van der Waals surface area contributed by atoms with E-state index in [9.17, 15) is 4.79 Å². The summed E-state index contributed by atoms with van der Waals surface area (Å²) in [4.78, 5) is 12.2. The summed E-state index contributed by atoms with van der Waals surface area (Å²) in [6.07, 6.45) is 3.20. The average Bonchev–Trinajstić information content (AvgIpc) is 3.29. The van der Waals surface area contributed by atoms with Crippen LogP contribution in [0.3, 0.4) is 0 Å². The van der Waals surface area contributed by atoms with Gasteiger partial charge in [-0.15, -0.1) is 10.2 Å². The van der Waals surface area contributed by atoms with Crippen molar-refractivity contribution < 1.29 is 4.79 Å². The normalized spacial score (nSPS) is 15.3. The van der Waals surface area contributed by atoms with Crippen LogP contribution in [0.2, 0.25) is 0 Å². The first-order valence-electron chi connectivity index (χ1n) is 8.55. The number of nitrogens with one attached hydrogen (secondary N) is 1. The monoisotopic (exact) mass is 344 g/mol. The van der Waals surface area contributed by atoms with E-state index in [1.54, 1.807) is 0 Å². The van der Waals surface area contributed by atoms with E-state index in [0.717, 1.165) is 42.4 Å². The van der Waals surface area contributed by atoms with Crippen LogP contribution in [0.5, 0.6) is 0 Å². The maximum atomic E-state index is 12.2. The molecule has 0 unspecified atom stereocenters. The third-order valence-corrected chi connectivity index (χ3v) is 5.10. The molecule has 1 aromatic heterocycles. The van der Waals surface area contributed by atoms with Crippen molar-refractivity contribution in [2.45, 2.75) is 63.0 Å². The first-order chi connectivity index (χ1) is 11.6. The summed E-state index contributed by atoms with van der Waals surface area (Å²) < 4.78 is 2.13. The molecule has 1 aliphatic carbocycles. The molecule has 0 aliphatic heterocycles. The van der Waals surface area contributed by atoms with Crippen LogP contribution in [-0.4, -0.2) is 32.0 Å². The molecule has 0 bridgehead atoms. The van der Waals surface area contributed by atoms with Crippen molar-refractivity contribution in [1.82, 2.24) is 20.1 Å². The summed E-state index contributed by atoms with van der Waals surface area (Å²) in [5.41, 5.74) is 2.27. The van der Waals surface area contributed by atoms with Crippen LogP contribution >= 0.6 is 11.8 Å². The number of aryl methyl sites for hydroxylation is 1. The topological polar surface area (TPSA) is 59.8 Å². The SMILES string of the molecule is CCCn1c(S[C@@H](C)C(=O)NC2CC2)nnc1-c1cccc(C)c1. The molecule has 3 rings (SSSR count). The Morgan fingerprint density at radius 1 is 1.42 bits per heavy atom. The molecule has 1 fully saturated rings. The summed E-state index contributed by atoms with van der Waals surface area (Å²) in [5.74, 6) is 0.962. The average molecular weight is 344 g/mol. The smallest absolute Gasteiger partial charge is 0.233 e. The number of nitrogens with zero attached hydrogens (tertiary/aromatic N) is 3. The largest absolute Gasteiger partial charge is 0.352 e. The molecular formula is C18H24N4OS. The van der Waals surface area contributed by atoms with Crippen LogP contribution in [0.4, 0.5) is 0 Å². The molecule has 1 atom stereocenters. The van der Waals surface area contributed by atoms with Crippen LogP contribution in [-0.2, 0) is 11.3 Å². The van der Waals surface area contributed by atoms with Crippen molar-refractivity contribution in [1.29, 1.82) is 0 Å². The number of aromatic nitrogens is 3. The highest BCUT2D eigenvalue weighted by atomic mass is 32.2. The van der Waals surface area contributed by atoms with E-state index in [-0.39, 0.29) is 11.2 Å². The molecule has 1 aliphatic rings. The highest BCUT2D eigenvalue weighted by molar-refractivity contribution is 8.00. The zero-order valence-corrected chi connectivity index (χ0v) is 15.3. The van der Waals surface area contributed by atoms with Gasteiger partial charge < -0.3 is 9.88 Å². The highest BCUT2D eigenvalue weighted by Crippen LogP contribution is 2.28. The Labute approximate surface area is 147 Å². The van der Waals surface area contributed by atoms with Crippen LogP contribution in [0.1, 0.15) is 38.7 Å². The van der Waals surface area contributed by atoms with Crippen molar-refractivity contribution in [2.75, 3.05) is 0 Å². The summed E-state index contributed by atoms with van der Waals surface area (Å²) in [6.45, 7) is 6.98. The number of carbonyl (C=O) groups is 1. The summed E-state index contributed by atoms with van der Waals surface area (Å²) in [7, 11) is 0. The van der Waals surface area contributed by atoms with Gasteiger partial charge in [0.1, 0.15) is 0 Å². The molecule has 1 aromatic carbocycles. The standard InChI is InChI=1S/C18H24N4OS/c1-4-10-22-16(14-7-5-6-12(2)11-14)20-21-18(22)24-13(3)17(23)19-15-8-9-15/h5-7,11,13,15H,4,8-10H2,1-3H3,(H,19,23)/t13-/m0/s1. The molecule has 0 saturated heterocycles. The van der Waals surface area contributed by atoms with Gasteiger partial charge >= 0.3 is 0 Å². The number of carbonyl (C=O) groups excluding carboxylic acids is 1. The van der Waals surface area contributed by atoms with Gasteiger partial charge in [0.15, 0.2) is 11.0 Å². The Hall–Kier alpha value is -1.82. The predicted octanol–water partition coefficient (Wildman–Crippen LogP) is 3.42. The lowest BCUT2D eigenvalue weighted by Crippen LogP contribution is -2.32. The van der Waals surface area contributed by atoms with Crippen LogP contribution in [0.25, 0.3) is 11.4 Å². The third kappa shape index (κ3) is 3.98. The van der Waals surface area contributed by atoms with E-state index in [0.29, 0.717) is 6.04 Å². The van der Waals surface area contributed by atoms with Crippen molar-refractivity contribution in [3.05, 3.63) is 29.8 Å². The van der Waals surface area contributed by atoms with Crippen molar-refractivity contribution in [3.8, 4) is 11.4 Å². The Kier molecular flexibility index (Phi) is 5.23. The van der Waals surface area contributed by atoms with Gasteiger partial charge in [-0.3, -0.25) is 4.79 Å². The van der Waals surface area contributed by atoms with Gasteiger partial charge in [0.25, 0.3) is 0 Å². The number of hydrogen-bond donors (Lipinski definition) is 1. The third-order valence-electron chi connectivity index (χ3n) is 4.02. The van der Waals surface area contributed by atoms with Gasteiger partial charge in [-0.05, 0) is 39.2 Å². The molecule has 5 nitrogen and oxygen atoms in total. The Bertz CT molecular complexity index is 724. The van der Waals surface area contributed by atoms with Gasteiger partial charge in [-0.1, -0.05) is 42.4 Å². The van der Waals surface area contributed by atoms with Crippen LogP contribution in [0.15, 0.2) is 29.4 Å². The van der Waals surface area contributed by atoms with Gasteiger partial charge in [0.05, 0.1) is 5.25 Å². The molecule has 2 aromatic rings. The van der Waals surface area contributed by atoms with E-state index in [1.807, 2.05) is 13.0 Å². The summed E-state index contributed by atoms with van der Waals surface area (Å²) in [6, 6.07) is 8.67. The molecule has 1 heterocycles. The van der Waals surface area contributed by atoms with Crippen LogP contribution in [0, 0.1) is 6.92 Å². The highest BCUT2D eigenvalue weighted by Gasteiger charge is 2.27. The number of thioether (sulfide) groups is 1. The molecule has 1 N–H and O–H groups in total. The van der Waals surface area contributed by atoms with E-state index in [2.05, 4.69) is 52.1 Å². The van der Waals surface area contributed by atoms with Gasteiger partial charge in [-0.25, -0.2) is 0 Å². The quantitative estimate of drug-likeness (QED) is 0.782. The Morgan fingerprint density at radius 2 is 2.21 bits per heavy atom. The molecule has 0 radical (unpaired) electrons. The van der Waals surface area contributed by atoms with E-state index in [4.69, 9.17) is 0 Å². The van der Waals surface area contributed by atoms with Crippen molar-refractivity contribution >= 4 is 17.7 Å². The first kappa shape index (κ1) is 17.0. The number of amides is 1. The molecule has 0 spiro atoms. The lowest BCUT2D eigenvalue weighted by molar-refractivity contribution is -0.120. The second-order valence-corrected chi connectivity index (χ2v) is 7.68. The lowest BCUT2D eigenvalue weighted by Gasteiger charge is -2.13. The first-order valence-corrected chi connectivity index (χ1v) is 9.43. The second kappa shape index (κ2) is 7.38. The number of hydrogen-bond acceptors (Lipinski definition) is 4. The minimum absolute atomic E-state index is 0.0886. The Morgan fingerprint density at radius 3 is 2.88 bits per heavy atom. The second-order valence-electron chi connectivity index (χ2n) is 6.37. The fourth-order valence-corrected chi connectivity index (χ4v) is 3.44. The molecular weight excluding hydrogens is 320 g/mol. The fraction of sp³-hybridized carbons (Fsp3) is 0.500. The minimum Gasteiger partial charge on any atom is -0.352 e. The van der Waals surface area contributed by atoms with Gasteiger partial charge in [0, 0.05) is 18.2 Å². The maximum absolute atomic E-state index is 12.2. The predicted molar refractivity (Wildman–Crippen MR) is 97.0 cm³/mol. The zero-order valence-electron chi connectivity index (χ0n) is 14.5. The number of rotatable bonds is 7. The van der Waals surface area contributed by atoms with E-state index >= 15 is 0 Å². The number of benzene rings is 1. The molecule has 24 heavy (non-hydrogen) atoms. The van der Waals surface area contributed by atoms with E-state index in [1.165, 1.54) is 17.3 Å². The van der Waals surface area contributed by atoms with Gasteiger partial charge in [0.2, 0.25) is 5.91 Å². The van der Waals surface area contributed by atoms with Gasteiger partial charge in [-0.2, -0.15) is 0 Å². The summed E-state index contributed by atoms with van der Waals surface area (Å²) >= 11 is 1.49. The molecule has 128 valence electrons. The zero-order chi connectivity index (χ0) is 17.1. The molecule has 1 amide bonds. The van der Waals surface area contributed by atoms with Crippen molar-refractivity contribution in [2.24, 2.45) is 0 Å². The summed E-state index contributed by atoms with van der Waals surface area (Å²) in [5, 5.41) is 12.4. The Balaban J connectivity index is 1.81. The van der Waals surface area contributed by atoms with E-state index < -0.39 is 0 Å². The lowest BCUT2D eigenvalue weighted by atomic mass is 10.1. The molecule has 1 saturated carbocycles. The fourth-order valence-electron chi connectivity index (χ4n) is 2.56.